The summed E-state index contributed by atoms with van der Waals surface area (Å²) in [5.41, 5.74) is -1.15. The van der Waals surface area contributed by atoms with Gasteiger partial charge in [0.1, 0.15) is 5.60 Å². The predicted octanol–water partition coefficient (Wildman–Crippen LogP) is 2.71. The Balaban J connectivity index is 2.00. The molecule has 0 spiro atoms. The van der Waals surface area contributed by atoms with Gasteiger partial charge in [-0.3, -0.25) is 0 Å². The lowest BCUT2D eigenvalue weighted by atomic mass is 9.73. The van der Waals surface area contributed by atoms with E-state index in [1.54, 1.807) is 20.8 Å². The van der Waals surface area contributed by atoms with E-state index >= 15 is 0 Å². The number of hydrogen-bond donors (Lipinski definition) is 2. The van der Waals surface area contributed by atoms with Crippen molar-refractivity contribution in [3.63, 3.8) is 0 Å². The molecule has 1 aliphatic carbocycles. The van der Waals surface area contributed by atoms with Crippen LogP contribution >= 0.6 is 0 Å². The van der Waals surface area contributed by atoms with Crippen molar-refractivity contribution in [2.45, 2.75) is 57.5 Å². The lowest BCUT2D eigenvalue weighted by Crippen LogP contribution is -2.69. The standard InChI is InChI=1S/C17H23NO5/c1-16(2,3)23-15(21)18-17(14(19)20)10-9-13(17)22-11-12-7-5-4-6-8-12/h4-8,13H,9-11H2,1-3H3,(H,18,21)(H,19,20). The molecule has 0 aliphatic heterocycles. The van der Waals surface area contributed by atoms with Crippen molar-refractivity contribution in [2.75, 3.05) is 0 Å². The topological polar surface area (TPSA) is 84.9 Å². The number of benzene rings is 1. The molecule has 0 radical (unpaired) electrons. The number of ether oxygens (including phenoxy) is 2. The number of nitrogens with one attached hydrogen (secondary N) is 1. The van der Waals surface area contributed by atoms with Crippen molar-refractivity contribution in [3.05, 3.63) is 35.9 Å². The zero-order valence-corrected chi connectivity index (χ0v) is 13.7. The van der Waals surface area contributed by atoms with Crippen molar-refractivity contribution >= 4 is 12.1 Å². The van der Waals surface area contributed by atoms with E-state index in [0.29, 0.717) is 19.4 Å². The van der Waals surface area contributed by atoms with Gasteiger partial charge in [0.15, 0.2) is 5.54 Å². The average molecular weight is 321 g/mol. The van der Waals surface area contributed by atoms with Crippen LogP contribution < -0.4 is 5.32 Å². The molecule has 1 aliphatic rings. The minimum Gasteiger partial charge on any atom is -0.479 e. The number of alkyl carbamates (subject to hydrolysis) is 1. The maximum absolute atomic E-state index is 11.9. The highest BCUT2D eigenvalue weighted by Crippen LogP contribution is 2.36. The van der Waals surface area contributed by atoms with E-state index in [0.717, 1.165) is 5.56 Å². The van der Waals surface area contributed by atoms with Gasteiger partial charge in [0.2, 0.25) is 0 Å². The molecule has 126 valence electrons. The molecule has 2 N–H and O–H groups in total. The van der Waals surface area contributed by atoms with E-state index in [1.165, 1.54) is 0 Å². The highest BCUT2D eigenvalue weighted by molar-refractivity contribution is 5.86. The first-order chi connectivity index (χ1) is 10.7. The summed E-state index contributed by atoms with van der Waals surface area (Å²) in [6, 6.07) is 9.50. The Labute approximate surface area is 135 Å². The number of carboxylic acid groups (broad SMARTS) is 1. The van der Waals surface area contributed by atoms with Gasteiger partial charge in [-0.2, -0.15) is 0 Å². The second-order valence-corrected chi connectivity index (χ2v) is 6.73. The van der Waals surface area contributed by atoms with Crippen LogP contribution in [0, 0.1) is 0 Å². The van der Waals surface area contributed by atoms with Gasteiger partial charge in [-0.05, 0) is 39.2 Å². The number of carboxylic acids is 1. The number of amides is 1. The largest absolute Gasteiger partial charge is 0.479 e. The van der Waals surface area contributed by atoms with Gasteiger partial charge in [0.05, 0.1) is 12.7 Å². The molecule has 1 saturated carbocycles. The summed E-state index contributed by atoms with van der Waals surface area (Å²) in [5, 5.41) is 12.0. The summed E-state index contributed by atoms with van der Waals surface area (Å²) in [7, 11) is 0. The average Bonchev–Trinajstić information content (AvgIpc) is 2.42. The fourth-order valence-electron chi connectivity index (χ4n) is 2.47. The third kappa shape index (κ3) is 4.22. The van der Waals surface area contributed by atoms with Crippen LogP contribution in [-0.4, -0.2) is 34.4 Å². The molecule has 0 saturated heterocycles. The van der Waals surface area contributed by atoms with E-state index in [-0.39, 0.29) is 0 Å². The molecule has 0 bridgehead atoms. The summed E-state index contributed by atoms with van der Waals surface area (Å²) in [6.45, 7) is 5.48. The van der Waals surface area contributed by atoms with Gasteiger partial charge in [-0.1, -0.05) is 30.3 Å². The van der Waals surface area contributed by atoms with Crippen LogP contribution in [0.15, 0.2) is 30.3 Å². The SMILES string of the molecule is CC(C)(C)OC(=O)NC1(C(=O)O)CCC1OCc1ccccc1. The Bertz CT molecular complexity index is 566. The first-order valence-corrected chi connectivity index (χ1v) is 7.63. The van der Waals surface area contributed by atoms with Crippen LogP contribution in [0.25, 0.3) is 0 Å². The number of hydrogen-bond acceptors (Lipinski definition) is 4. The monoisotopic (exact) mass is 321 g/mol. The van der Waals surface area contributed by atoms with Gasteiger partial charge in [-0.25, -0.2) is 9.59 Å². The fourth-order valence-corrected chi connectivity index (χ4v) is 2.47. The molecule has 0 heterocycles. The van der Waals surface area contributed by atoms with Gasteiger partial charge in [-0.15, -0.1) is 0 Å². The first kappa shape index (κ1) is 17.3. The smallest absolute Gasteiger partial charge is 0.408 e. The van der Waals surface area contributed by atoms with E-state index < -0.39 is 29.3 Å². The van der Waals surface area contributed by atoms with E-state index in [2.05, 4.69) is 5.32 Å². The zero-order valence-electron chi connectivity index (χ0n) is 13.7. The second-order valence-electron chi connectivity index (χ2n) is 6.73. The Morgan fingerprint density at radius 1 is 1.30 bits per heavy atom. The normalized spacial score (nSPS) is 23.7. The minimum atomic E-state index is -1.42. The molecular weight excluding hydrogens is 298 g/mol. The molecule has 1 fully saturated rings. The lowest BCUT2D eigenvalue weighted by molar-refractivity contribution is -0.165. The number of rotatable bonds is 5. The Hall–Kier alpha value is -2.08. The molecule has 1 aromatic rings. The molecule has 1 aromatic carbocycles. The van der Waals surface area contributed by atoms with Gasteiger partial charge < -0.3 is 19.9 Å². The van der Waals surface area contributed by atoms with Crippen LogP contribution in [0.4, 0.5) is 4.79 Å². The van der Waals surface area contributed by atoms with Crippen LogP contribution in [0.1, 0.15) is 39.2 Å². The molecule has 1 amide bonds. The summed E-state index contributed by atoms with van der Waals surface area (Å²) in [4.78, 5) is 23.6. The summed E-state index contributed by atoms with van der Waals surface area (Å²) in [5.74, 6) is -1.10. The third-order valence-electron chi connectivity index (χ3n) is 3.75. The number of carbonyl (C=O) groups excluding carboxylic acids is 1. The summed E-state index contributed by atoms with van der Waals surface area (Å²) < 4.78 is 10.9. The Morgan fingerprint density at radius 2 is 1.96 bits per heavy atom. The van der Waals surface area contributed by atoms with Gasteiger partial charge in [0.25, 0.3) is 0 Å². The second kappa shape index (κ2) is 6.58. The highest BCUT2D eigenvalue weighted by atomic mass is 16.6. The third-order valence-corrected chi connectivity index (χ3v) is 3.75. The van der Waals surface area contributed by atoms with Gasteiger partial charge in [0, 0.05) is 0 Å². The first-order valence-electron chi connectivity index (χ1n) is 7.63. The minimum absolute atomic E-state index is 0.302. The fraction of sp³-hybridized carbons (Fsp3) is 0.529. The maximum Gasteiger partial charge on any atom is 0.408 e. The van der Waals surface area contributed by atoms with Crippen molar-refractivity contribution in [1.82, 2.24) is 5.32 Å². The molecule has 2 unspecified atom stereocenters. The van der Waals surface area contributed by atoms with Crippen molar-refractivity contribution in [3.8, 4) is 0 Å². The molecule has 2 atom stereocenters. The number of aliphatic carboxylic acids is 1. The molecule has 23 heavy (non-hydrogen) atoms. The van der Waals surface area contributed by atoms with Crippen molar-refractivity contribution in [2.24, 2.45) is 0 Å². The zero-order chi connectivity index (χ0) is 17.1. The highest BCUT2D eigenvalue weighted by Gasteiger charge is 2.56. The van der Waals surface area contributed by atoms with Gasteiger partial charge >= 0.3 is 12.1 Å². The van der Waals surface area contributed by atoms with Crippen LogP contribution in [0.5, 0.6) is 0 Å². The Morgan fingerprint density at radius 3 is 2.43 bits per heavy atom. The van der Waals surface area contributed by atoms with Crippen LogP contribution in [0.3, 0.4) is 0 Å². The van der Waals surface area contributed by atoms with Crippen molar-refractivity contribution in [1.29, 1.82) is 0 Å². The van der Waals surface area contributed by atoms with Crippen LogP contribution in [-0.2, 0) is 20.9 Å². The number of carbonyl (C=O) groups is 2. The molecule has 0 aromatic heterocycles. The summed E-state index contributed by atoms with van der Waals surface area (Å²) >= 11 is 0. The van der Waals surface area contributed by atoms with Crippen LogP contribution in [0.2, 0.25) is 0 Å². The van der Waals surface area contributed by atoms with E-state index in [9.17, 15) is 14.7 Å². The van der Waals surface area contributed by atoms with E-state index in [1.807, 2.05) is 30.3 Å². The van der Waals surface area contributed by atoms with E-state index in [4.69, 9.17) is 9.47 Å². The maximum atomic E-state index is 11.9. The molecule has 6 heteroatoms. The van der Waals surface area contributed by atoms with Crippen molar-refractivity contribution < 1.29 is 24.2 Å². The molecule has 6 nitrogen and oxygen atoms in total. The quantitative estimate of drug-likeness (QED) is 0.871. The predicted molar refractivity (Wildman–Crippen MR) is 84.0 cm³/mol. The molecular formula is C17H23NO5. The molecule has 2 rings (SSSR count). The Kier molecular flexibility index (Phi) is 4.94. The lowest BCUT2D eigenvalue weighted by Gasteiger charge is -2.45. The summed E-state index contributed by atoms with van der Waals surface area (Å²) in [6.07, 6.45) is -0.420.